The Kier molecular flexibility index (Phi) is 4.80. The molecule has 23 heavy (non-hydrogen) atoms. The summed E-state index contributed by atoms with van der Waals surface area (Å²) in [4.78, 5) is 49.1. The van der Waals surface area contributed by atoms with Gasteiger partial charge in [0.25, 0.3) is 5.91 Å². The van der Waals surface area contributed by atoms with Crippen molar-refractivity contribution < 1.29 is 19.2 Å². The van der Waals surface area contributed by atoms with Crippen LogP contribution in [0.3, 0.4) is 0 Å². The maximum atomic E-state index is 12.5. The van der Waals surface area contributed by atoms with E-state index in [4.69, 9.17) is 0 Å². The van der Waals surface area contributed by atoms with Crippen molar-refractivity contribution in [1.29, 1.82) is 0 Å². The molecule has 0 radical (unpaired) electrons. The van der Waals surface area contributed by atoms with Crippen molar-refractivity contribution in [2.45, 2.75) is 12.5 Å². The van der Waals surface area contributed by atoms with E-state index in [1.807, 2.05) is 5.32 Å². The predicted molar refractivity (Wildman–Crippen MR) is 83.7 cm³/mol. The van der Waals surface area contributed by atoms with Crippen molar-refractivity contribution in [2.24, 2.45) is 0 Å². The molecule has 2 heterocycles. The molecular weight excluding hydrogens is 320 g/mol. The van der Waals surface area contributed by atoms with Gasteiger partial charge in [-0.15, -0.1) is 17.9 Å². The summed E-state index contributed by atoms with van der Waals surface area (Å²) in [5.41, 5.74) is -1.20. The Morgan fingerprint density at radius 1 is 1.48 bits per heavy atom. The van der Waals surface area contributed by atoms with E-state index in [0.717, 1.165) is 4.90 Å². The third-order valence-corrected chi connectivity index (χ3v) is 4.34. The summed E-state index contributed by atoms with van der Waals surface area (Å²) in [6.07, 6.45) is 1.45. The monoisotopic (exact) mass is 336 g/mol. The van der Waals surface area contributed by atoms with Crippen LogP contribution in [0.15, 0.2) is 30.2 Å². The molecule has 6 amide bonds. The van der Waals surface area contributed by atoms with E-state index in [1.54, 1.807) is 24.4 Å². The molecule has 1 aliphatic rings. The molecule has 9 heteroatoms. The van der Waals surface area contributed by atoms with Crippen LogP contribution in [0.2, 0.25) is 0 Å². The number of thiophene rings is 1. The zero-order valence-electron chi connectivity index (χ0n) is 12.4. The number of imide groups is 2. The molecule has 0 aliphatic carbocycles. The SMILES string of the molecule is C=CCNC(=O)NC(=O)CN1C(=O)N[C@](C)(c2cccs2)C1=O. The minimum Gasteiger partial charge on any atom is -0.334 e. The first-order chi connectivity index (χ1) is 10.9. The number of amides is 6. The lowest BCUT2D eigenvalue weighted by molar-refractivity contribution is -0.134. The molecule has 0 bridgehead atoms. The molecule has 0 unspecified atom stereocenters. The van der Waals surface area contributed by atoms with E-state index >= 15 is 0 Å². The molecule has 1 aromatic heterocycles. The lowest BCUT2D eigenvalue weighted by atomic mass is 10.0. The minimum atomic E-state index is -1.20. The molecule has 122 valence electrons. The molecule has 8 nitrogen and oxygen atoms in total. The summed E-state index contributed by atoms with van der Waals surface area (Å²) in [5.74, 6) is -1.29. The Balaban J connectivity index is 2.02. The summed E-state index contributed by atoms with van der Waals surface area (Å²) in [5, 5.41) is 8.77. The van der Waals surface area contributed by atoms with Crippen molar-refractivity contribution >= 4 is 35.2 Å². The first-order valence-electron chi connectivity index (χ1n) is 6.75. The highest BCUT2D eigenvalue weighted by Gasteiger charge is 2.50. The average molecular weight is 336 g/mol. The Hall–Kier alpha value is -2.68. The van der Waals surface area contributed by atoms with Crippen LogP contribution < -0.4 is 16.0 Å². The second-order valence-electron chi connectivity index (χ2n) is 4.97. The van der Waals surface area contributed by atoms with Gasteiger partial charge in [-0.1, -0.05) is 12.1 Å². The van der Waals surface area contributed by atoms with Crippen LogP contribution in [0.4, 0.5) is 9.59 Å². The fourth-order valence-electron chi connectivity index (χ4n) is 2.09. The summed E-state index contributed by atoms with van der Waals surface area (Å²) in [6.45, 7) is 4.66. The summed E-state index contributed by atoms with van der Waals surface area (Å²) in [7, 11) is 0. The minimum absolute atomic E-state index is 0.193. The first-order valence-corrected chi connectivity index (χ1v) is 7.63. The van der Waals surface area contributed by atoms with E-state index in [2.05, 4.69) is 17.2 Å². The lowest BCUT2D eigenvalue weighted by Gasteiger charge is -2.19. The Labute approximate surface area is 136 Å². The lowest BCUT2D eigenvalue weighted by Crippen LogP contribution is -2.46. The normalized spacial score (nSPS) is 20.1. The van der Waals surface area contributed by atoms with Gasteiger partial charge in [-0.3, -0.25) is 19.8 Å². The fourth-order valence-corrected chi connectivity index (χ4v) is 2.92. The van der Waals surface area contributed by atoms with Crippen molar-refractivity contribution in [3.05, 3.63) is 35.0 Å². The second kappa shape index (κ2) is 6.61. The fraction of sp³-hybridized carbons (Fsp3) is 0.286. The molecule has 3 N–H and O–H groups in total. The van der Waals surface area contributed by atoms with Crippen LogP contribution in [-0.4, -0.2) is 41.9 Å². The van der Waals surface area contributed by atoms with Crippen LogP contribution in [0.5, 0.6) is 0 Å². The van der Waals surface area contributed by atoms with Crippen LogP contribution in [0.1, 0.15) is 11.8 Å². The number of carbonyl (C=O) groups is 4. The van der Waals surface area contributed by atoms with E-state index in [9.17, 15) is 19.2 Å². The molecule has 2 rings (SSSR count). The largest absolute Gasteiger partial charge is 0.334 e. The van der Waals surface area contributed by atoms with E-state index in [1.165, 1.54) is 17.4 Å². The molecule has 0 saturated carbocycles. The highest BCUT2D eigenvalue weighted by Crippen LogP contribution is 2.31. The average Bonchev–Trinajstić information content (AvgIpc) is 3.10. The maximum absolute atomic E-state index is 12.5. The van der Waals surface area contributed by atoms with Crippen LogP contribution in [-0.2, 0) is 15.1 Å². The molecule has 1 aliphatic heterocycles. The van der Waals surface area contributed by atoms with E-state index in [-0.39, 0.29) is 6.54 Å². The highest BCUT2D eigenvalue weighted by molar-refractivity contribution is 7.10. The Bertz CT molecular complexity index is 658. The van der Waals surface area contributed by atoms with Gasteiger partial charge in [0, 0.05) is 11.4 Å². The van der Waals surface area contributed by atoms with Crippen molar-refractivity contribution in [3.63, 3.8) is 0 Å². The van der Waals surface area contributed by atoms with Gasteiger partial charge < -0.3 is 10.6 Å². The zero-order valence-corrected chi connectivity index (χ0v) is 13.2. The molecule has 0 aromatic carbocycles. The number of nitrogens with zero attached hydrogens (tertiary/aromatic N) is 1. The van der Waals surface area contributed by atoms with Crippen LogP contribution in [0, 0.1) is 0 Å². The third kappa shape index (κ3) is 3.39. The predicted octanol–water partition coefficient (Wildman–Crippen LogP) is 0.527. The number of hydrogen-bond acceptors (Lipinski definition) is 5. The number of carbonyl (C=O) groups excluding carboxylic acids is 4. The van der Waals surface area contributed by atoms with Gasteiger partial charge in [0.2, 0.25) is 5.91 Å². The molecule has 1 fully saturated rings. The topological polar surface area (TPSA) is 108 Å². The summed E-state index contributed by atoms with van der Waals surface area (Å²) >= 11 is 1.33. The van der Waals surface area contributed by atoms with Crippen molar-refractivity contribution in [2.75, 3.05) is 13.1 Å². The second-order valence-corrected chi connectivity index (χ2v) is 5.92. The molecule has 1 aromatic rings. The number of urea groups is 2. The Morgan fingerprint density at radius 2 is 2.22 bits per heavy atom. The quantitative estimate of drug-likeness (QED) is 0.538. The third-order valence-electron chi connectivity index (χ3n) is 3.25. The van der Waals surface area contributed by atoms with Crippen LogP contribution in [0.25, 0.3) is 0 Å². The first kappa shape index (κ1) is 16.7. The summed E-state index contributed by atoms with van der Waals surface area (Å²) in [6, 6.07) is 2.11. The molecular formula is C14H16N4O4S. The maximum Gasteiger partial charge on any atom is 0.325 e. The van der Waals surface area contributed by atoms with Gasteiger partial charge in [0.15, 0.2) is 5.54 Å². The van der Waals surface area contributed by atoms with Gasteiger partial charge in [0.1, 0.15) is 6.54 Å². The van der Waals surface area contributed by atoms with Gasteiger partial charge >= 0.3 is 12.1 Å². The number of hydrogen-bond donors (Lipinski definition) is 3. The zero-order chi connectivity index (χ0) is 17.0. The van der Waals surface area contributed by atoms with Crippen molar-refractivity contribution in [1.82, 2.24) is 20.9 Å². The van der Waals surface area contributed by atoms with Crippen LogP contribution >= 0.6 is 11.3 Å². The van der Waals surface area contributed by atoms with Gasteiger partial charge in [0.05, 0.1) is 0 Å². The standard InChI is InChI=1S/C14H16N4O4S/c1-3-6-15-12(21)16-10(19)8-18-11(20)14(2,17-13(18)22)9-5-4-7-23-9/h3-5,7H,1,6,8H2,2H3,(H,17,22)(H2,15,16,19,21)/t14-/m1/s1. The highest BCUT2D eigenvalue weighted by atomic mass is 32.1. The smallest absolute Gasteiger partial charge is 0.325 e. The summed E-state index contributed by atoms with van der Waals surface area (Å²) < 4.78 is 0. The van der Waals surface area contributed by atoms with Gasteiger partial charge in [-0.25, -0.2) is 9.59 Å². The van der Waals surface area contributed by atoms with E-state index < -0.39 is 36.0 Å². The van der Waals surface area contributed by atoms with Gasteiger partial charge in [-0.05, 0) is 18.4 Å². The number of nitrogens with one attached hydrogen (secondary N) is 3. The van der Waals surface area contributed by atoms with E-state index in [0.29, 0.717) is 4.88 Å². The van der Waals surface area contributed by atoms with Crippen molar-refractivity contribution in [3.8, 4) is 0 Å². The Morgan fingerprint density at radius 3 is 2.83 bits per heavy atom. The molecule has 0 spiro atoms. The van der Waals surface area contributed by atoms with Gasteiger partial charge in [-0.2, -0.15) is 0 Å². The number of rotatable bonds is 5. The molecule has 1 saturated heterocycles. The molecule has 1 atom stereocenters.